The van der Waals surface area contributed by atoms with Crippen molar-refractivity contribution in [2.45, 2.75) is 97.4 Å². The number of carbonyl (C=O) groups excluding carboxylic acids is 2. The summed E-state index contributed by atoms with van der Waals surface area (Å²) in [6.45, 7) is 13.8. The van der Waals surface area contributed by atoms with Gasteiger partial charge in [-0.1, -0.05) is 0 Å². The summed E-state index contributed by atoms with van der Waals surface area (Å²) in [5.74, 6) is -0.0725. The van der Waals surface area contributed by atoms with Gasteiger partial charge < -0.3 is 19.5 Å². The molecule has 44 heavy (non-hydrogen) atoms. The number of nitrogens with one attached hydrogen (secondary N) is 1. The summed E-state index contributed by atoms with van der Waals surface area (Å²) < 4.78 is 21.8. The molecule has 9 heteroatoms. The Morgan fingerprint density at radius 2 is 1.86 bits per heavy atom. The summed E-state index contributed by atoms with van der Waals surface area (Å²) in [7, 11) is 1.75. The maximum absolute atomic E-state index is 14.4. The van der Waals surface area contributed by atoms with Crippen molar-refractivity contribution in [3.8, 4) is 5.69 Å². The number of amides is 2. The van der Waals surface area contributed by atoms with Gasteiger partial charge in [0.1, 0.15) is 11.4 Å². The smallest absolute Gasteiger partial charge is 0.407 e. The lowest BCUT2D eigenvalue weighted by Gasteiger charge is -2.62. The molecule has 8 nitrogen and oxygen atoms in total. The van der Waals surface area contributed by atoms with Crippen LogP contribution in [0.2, 0.25) is 0 Å². The number of aromatic nitrogens is 2. The fourth-order valence-electron chi connectivity index (χ4n) is 7.55. The van der Waals surface area contributed by atoms with Crippen LogP contribution in [-0.4, -0.2) is 75.2 Å². The van der Waals surface area contributed by atoms with E-state index in [1.54, 1.807) is 18.0 Å². The zero-order chi connectivity index (χ0) is 31.6. The summed E-state index contributed by atoms with van der Waals surface area (Å²) in [4.78, 5) is 34.2. The second kappa shape index (κ2) is 11.2. The van der Waals surface area contributed by atoms with Gasteiger partial charge in [-0.2, -0.15) is 0 Å². The number of fused-ring (bicyclic) bond motifs is 1. The quantitative estimate of drug-likeness (QED) is 0.345. The second-order valence-corrected chi connectivity index (χ2v) is 14.9. The molecule has 0 unspecified atom stereocenters. The lowest BCUT2D eigenvalue weighted by Crippen LogP contribution is -2.65. The number of nitrogens with zero attached hydrogens (tertiary/aromatic N) is 4. The Kier molecular flexibility index (Phi) is 7.75. The van der Waals surface area contributed by atoms with Crippen LogP contribution in [0.3, 0.4) is 0 Å². The third-order valence-corrected chi connectivity index (χ3v) is 9.95. The minimum absolute atomic E-state index is 0.00813. The Balaban J connectivity index is 1.10. The topological polar surface area (TPSA) is 79.7 Å². The molecule has 1 aliphatic heterocycles. The number of halogens is 1. The van der Waals surface area contributed by atoms with E-state index in [2.05, 4.69) is 28.3 Å². The SMILES string of the molecule is Cc1cncc2c1c(CC1CN(C3CC4(CC(NC(=O)OC(C)(C)C)C4)C3)C1)cn2-c1ccc(F)cc1C(=O)N(C)C(C)C. The van der Waals surface area contributed by atoms with Gasteiger partial charge in [0.05, 0.1) is 23.0 Å². The van der Waals surface area contributed by atoms with Crippen LogP contribution in [0.15, 0.2) is 36.8 Å². The van der Waals surface area contributed by atoms with Crippen LogP contribution >= 0.6 is 0 Å². The lowest BCUT2D eigenvalue weighted by atomic mass is 9.51. The number of ether oxygens (including phenoxy) is 1. The number of aryl methyl sites for hydroxylation is 1. The Hall–Kier alpha value is -3.46. The number of pyridine rings is 1. The number of carbonyl (C=O) groups is 2. The van der Waals surface area contributed by atoms with E-state index in [1.807, 2.05) is 51.6 Å². The minimum atomic E-state index is -0.473. The molecule has 1 spiro atoms. The van der Waals surface area contributed by atoms with Gasteiger partial charge in [0.25, 0.3) is 5.91 Å². The van der Waals surface area contributed by atoms with E-state index in [9.17, 15) is 14.0 Å². The van der Waals surface area contributed by atoms with Crippen LogP contribution in [-0.2, 0) is 11.2 Å². The molecule has 236 valence electrons. The Bertz CT molecular complexity index is 1570. The summed E-state index contributed by atoms with van der Waals surface area (Å²) >= 11 is 0. The van der Waals surface area contributed by atoms with Gasteiger partial charge in [0.2, 0.25) is 0 Å². The molecule has 6 rings (SSSR count). The fraction of sp³-hybridized carbons (Fsp3) is 0.571. The van der Waals surface area contributed by atoms with Crippen molar-refractivity contribution in [1.82, 2.24) is 24.7 Å². The summed E-state index contributed by atoms with van der Waals surface area (Å²) in [5, 5.41) is 4.20. The third kappa shape index (κ3) is 5.83. The van der Waals surface area contributed by atoms with Gasteiger partial charge in [0, 0.05) is 56.0 Å². The zero-order valence-corrected chi connectivity index (χ0v) is 27.1. The van der Waals surface area contributed by atoms with Crippen molar-refractivity contribution >= 4 is 22.9 Å². The fourth-order valence-corrected chi connectivity index (χ4v) is 7.55. The lowest BCUT2D eigenvalue weighted by molar-refractivity contribution is -0.103. The molecule has 3 aromatic rings. The molecule has 2 aromatic heterocycles. The van der Waals surface area contributed by atoms with Gasteiger partial charge in [0.15, 0.2) is 0 Å². The molecular formula is C35H46FN5O3. The van der Waals surface area contributed by atoms with E-state index in [0.29, 0.717) is 28.6 Å². The van der Waals surface area contributed by atoms with E-state index in [-0.39, 0.29) is 24.1 Å². The molecule has 3 fully saturated rings. The Morgan fingerprint density at radius 1 is 1.16 bits per heavy atom. The number of likely N-dealkylation sites (tertiary alicyclic amines) is 1. The van der Waals surface area contributed by atoms with Gasteiger partial charge in [-0.3, -0.25) is 14.7 Å². The van der Waals surface area contributed by atoms with Crippen LogP contribution < -0.4 is 5.32 Å². The summed E-state index contributed by atoms with van der Waals surface area (Å²) in [6.07, 6.45) is 11.0. The highest BCUT2D eigenvalue weighted by molar-refractivity contribution is 5.99. The van der Waals surface area contributed by atoms with Gasteiger partial charge in [-0.05, 0) is 114 Å². The van der Waals surface area contributed by atoms with E-state index in [4.69, 9.17) is 4.74 Å². The number of benzene rings is 1. The average Bonchev–Trinajstić information content (AvgIpc) is 3.24. The van der Waals surface area contributed by atoms with E-state index in [0.717, 1.165) is 43.4 Å². The van der Waals surface area contributed by atoms with Crippen LogP contribution in [0.1, 0.15) is 81.8 Å². The van der Waals surface area contributed by atoms with Crippen LogP contribution in [0.5, 0.6) is 0 Å². The second-order valence-electron chi connectivity index (χ2n) is 14.9. The highest BCUT2D eigenvalue weighted by atomic mass is 19.1. The highest BCUT2D eigenvalue weighted by Crippen LogP contribution is 2.58. The number of hydrogen-bond donors (Lipinski definition) is 1. The molecule has 2 aliphatic carbocycles. The molecule has 2 saturated carbocycles. The number of hydrogen-bond acceptors (Lipinski definition) is 5. The molecule has 0 radical (unpaired) electrons. The van der Waals surface area contributed by atoms with E-state index < -0.39 is 11.4 Å². The Morgan fingerprint density at radius 3 is 2.52 bits per heavy atom. The van der Waals surface area contributed by atoms with Crippen molar-refractivity contribution in [3.63, 3.8) is 0 Å². The van der Waals surface area contributed by atoms with Crippen molar-refractivity contribution in [3.05, 3.63) is 59.3 Å². The molecule has 0 atom stereocenters. The first-order chi connectivity index (χ1) is 20.7. The summed E-state index contributed by atoms with van der Waals surface area (Å²) in [5.41, 5.74) is 4.21. The maximum atomic E-state index is 14.4. The molecule has 1 N–H and O–H groups in total. The van der Waals surface area contributed by atoms with Gasteiger partial charge in [-0.25, -0.2) is 9.18 Å². The first-order valence-electron chi connectivity index (χ1n) is 16.0. The van der Waals surface area contributed by atoms with Crippen molar-refractivity contribution < 1.29 is 18.7 Å². The average molecular weight is 604 g/mol. The molecule has 1 saturated heterocycles. The predicted octanol–water partition coefficient (Wildman–Crippen LogP) is 6.26. The first-order valence-corrected chi connectivity index (χ1v) is 16.0. The molecule has 1 aromatic carbocycles. The Labute approximate surface area is 259 Å². The standard InChI is InChI=1S/C35H46FN5O3/c1-21(2)39(7)32(42)28-11-25(36)8-9-29(28)41-20-24(31-22(3)16-37-17-30(31)41)10-23-18-40(19-23)27-14-35(15-27)12-26(13-35)38-33(43)44-34(4,5)6/h8-9,11,16-17,20-21,23,26-27H,10,12-15,18-19H2,1-7H3,(H,38,43). The van der Waals surface area contributed by atoms with Crippen LogP contribution in [0.4, 0.5) is 9.18 Å². The normalized spacial score (nSPS) is 23.8. The zero-order valence-electron chi connectivity index (χ0n) is 27.1. The number of alkyl carbamates (subject to hydrolysis) is 1. The monoisotopic (exact) mass is 603 g/mol. The van der Waals surface area contributed by atoms with Crippen LogP contribution in [0.25, 0.3) is 16.6 Å². The first kappa shape index (κ1) is 30.6. The molecule has 2 amide bonds. The number of rotatable bonds is 7. The molecular weight excluding hydrogens is 557 g/mol. The van der Waals surface area contributed by atoms with Crippen LogP contribution in [0, 0.1) is 24.1 Å². The van der Waals surface area contributed by atoms with Crippen molar-refractivity contribution in [1.29, 1.82) is 0 Å². The van der Waals surface area contributed by atoms with E-state index in [1.165, 1.54) is 35.9 Å². The summed E-state index contributed by atoms with van der Waals surface area (Å²) in [6, 6.07) is 5.32. The van der Waals surface area contributed by atoms with Crippen molar-refractivity contribution in [2.75, 3.05) is 20.1 Å². The van der Waals surface area contributed by atoms with E-state index >= 15 is 0 Å². The third-order valence-electron chi connectivity index (χ3n) is 9.95. The molecule has 3 heterocycles. The highest BCUT2D eigenvalue weighted by Gasteiger charge is 2.55. The van der Waals surface area contributed by atoms with Gasteiger partial charge >= 0.3 is 6.09 Å². The molecule has 0 bridgehead atoms. The largest absolute Gasteiger partial charge is 0.444 e. The minimum Gasteiger partial charge on any atom is -0.444 e. The van der Waals surface area contributed by atoms with Crippen molar-refractivity contribution in [2.24, 2.45) is 11.3 Å². The maximum Gasteiger partial charge on any atom is 0.407 e. The predicted molar refractivity (Wildman–Crippen MR) is 170 cm³/mol. The molecule has 3 aliphatic rings. The van der Waals surface area contributed by atoms with Gasteiger partial charge in [-0.15, -0.1) is 0 Å².